The summed E-state index contributed by atoms with van der Waals surface area (Å²) in [7, 11) is -4.56. The zero-order valence-corrected chi connectivity index (χ0v) is 15.5. The summed E-state index contributed by atoms with van der Waals surface area (Å²) in [6.07, 6.45) is 1.38. The summed E-state index contributed by atoms with van der Waals surface area (Å²) in [6, 6.07) is 7.69. The van der Waals surface area contributed by atoms with Crippen LogP contribution in [-0.2, 0) is 10.1 Å². The Morgan fingerprint density at radius 2 is 1.92 bits per heavy atom. The lowest BCUT2D eigenvalue weighted by atomic mass is 10.2. The van der Waals surface area contributed by atoms with Gasteiger partial charge in [-0.25, -0.2) is 4.79 Å². The Balaban J connectivity index is 2.56. The maximum absolute atomic E-state index is 11.6. The number of anilines is 2. The molecule has 138 valence electrons. The van der Waals surface area contributed by atoms with Gasteiger partial charge in [0.05, 0.1) is 26.9 Å². The number of carboxylic acids is 1. The number of nitrogens with one attached hydrogen (secondary N) is 1. The maximum atomic E-state index is 11.6. The first kappa shape index (κ1) is 20.0. The molecule has 0 heterocycles. The first-order chi connectivity index (χ1) is 12.1. The number of aromatic carboxylic acids is 1. The second-order valence-corrected chi connectivity index (χ2v) is 7.15. The van der Waals surface area contributed by atoms with Gasteiger partial charge in [0.25, 0.3) is 10.1 Å². The first-order valence-corrected chi connectivity index (χ1v) is 9.18. The van der Waals surface area contributed by atoms with Crippen LogP contribution in [0.5, 0.6) is 0 Å². The average Bonchev–Trinajstić information content (AvgIpc) is 2.56. The lowest BCUT2D eigenvalue weighted by Gasteiger charge is -2.23. The van der Waals surface area contributed by atoms with Gasteiger partial charge >= 0.3 is 5.97 Å². The SMILES string of the molecule is CC=NN(Nc1cc(Cl)ccc1Cl)c1ccc(S(=O)(=O)O)cc1C(=O)O. The van der Waals surface area contributed by atoms with Crippen LogP contribution < -0.4 is 10.5 Å². The van der Waals surface area contributed by atoms with Crippen LogP contribution >= 0.6 is 23.2 Å². The van der Waals surface area contributed by atoms with Gasteiger partial charge in [-0.05, 0) is 43.3 Å². The van der Waals surface area contributed by atoms with Crippen LogP contribution in [0.2, 0.25) is 10.0 Å². The van der Waals surface area contributed by atoms with Crippen molar-refractivity contribution in [3.05, 3.63) is 52.0 Å². The van der Waals surface area contributed by atoms with Crippen molar-refractivity contribution in [2.24, 2.45) is 5.10 Å². The third-order valence-corrected chi connectivity index (χ3v) is 4.52. The Bertz CT molecular complexity index is 979. The molecule has 0 saturated heterocycles. The average molecular weight is 418 g/mol. The van der Waals surface area contributed by atoms with E-state index >= 15 is 0 Å². The van der Waals surface area contributed by atoms with E-state index in [4.69, 9.17) is 27.8 Å². The second-order valence-electron chi connectivity index (χ2n) is 4.88. The highest BCUT2D eigenvalue weighted by molar-refractivity contribution is 7.85. The van der Waals surface area contributed by atoms with Gasteiger partial charge in [0.2, 0.25) is 0 Å². The number of hydrazine groups is 1. The van der Waals surface area contributed by atoms with E-state index < -0.39 is 26.5 Å². The van der Waals surface area contributed by atoms with E-state index in [9.17, 15) is 18.3 Å². The van der Waals surface area contributed by atoms with E-state index in [0.29, 0.717) is 15.7 Å². The zero-order valence-electron chi connectivity index (χ0n) is 13.2. The molecule has 3 N–H and O–H groups in total. The van der Waals surface area contributed by atoms with E-state index in [0.717, 1.165) is 17.3 Å². The van der Waals surface area contributed by atoms with Crippen LogP contribution in [0.3, 0.4) is 0 Å². The fraction of sp³-hybridized carbons (Fsp3) is 0.0667. The standard InChI is InChI=1S/C15H13Cl2N3O5S/c1-2-18-20(19-13-7-9(16)3-5-12(13)17)14-6-4-10(26(23,24)25)8-11(14)15(21)22/h2-8,19H,1H3,(H,21,22)(H,23,24,25). The number of hydrogen-bond acceptors (Lipinski definition) is 6. The predicted octanol–water partition coefficient (Wildman–Crippen LogP) is 3.78. The summed E-state index contributed by atoms with van der Waals surface area (Å²) in [5.41, 5.74) is 2.76. The van der Waals surface area contributed by atoms with Crippen molar-refractivity contribution in [2.45, 2.75) is 11.8 Å². The Kier molecular flexibility index (Phi) is 6.09. The molecule has 26 heavy (non-hydrogen) atoms. The molecule has 0 radical (unpaired) electrons. The molecule has 0 amide bonds. The van der Waals surface area contributed by atoms with Crippen molar-refractivity contribution in [3.63, 3.8) is 0 Å². The molecule has 0 spiro atoms. The second kappa shape index (κ2) is 7.92. The van der Waals surface area contributed by atoms with E-state index in [1.54, 1.807) is 19.1 Å². The predicted molar refractivity (Wildman–Crippen MR) is 99.9 cm³/mol. The van der Waals surface area contributed by atoms with Crippen molar-refractivity contribution in [1.82, 2.24) is 0 Å². The lowest BCUT2D eigenvalue weighted by Crippen LogP contribution is -2.26. The highest BCUT2D eigenvalue weighted by atomic mass is 35.5. The van der Waals surface area contributed by atoms with E-state index in [1.165, 1.54) is 18.3 Å². The Morgan fingerprint density at radius 3 is 2.50 bits per heavy atom. The topological polar surface area (TPSA) is 119 Å². The first-order valence-electron chi connectivity index (χ1n) is 6.98. The van der Waals surface area contributed by atoms with Gasteiger partial charge in [-0.2, -0.15) is 18.6 Å². The van der Waals surface area contributed by atoms with Crippen molar-refractivity contribution in [2.75, 3.05) is 10.5 Å². The molecule has 0 aliphatic rings. The molecule has 2 rings (SSSR count). The van der Waals surface area contributed by atoms with Crippen LogP contribution in [0.15, 0.2) is 46.4 Å². The van der Waals surface area contributed by atoms with Gasteiger partial charge in [-0.3, -0.25) is 9.98 Å². The van der Waals surface area contributed by atoms with E-state index in [2.05, 4.69) is 10.5 Å². The van der Waals surface area contributed by atoms with Crippen molar-refractivity contribution < 1.29 is 22.9 Å². The molecule has 2 aromatic rings. The molecule has 0 unspecified atom stereocenters. The third kappa shape index (κ3) is 4.64. The molecule has 11 heteroatoms. The molecule has 0 aromatic heterocycles. The Morgan fingerprint density at radius 1 is 1.23 bits per heavy atom. The minimum atomic E-state index is -4.56. The number of carboxylic acid groups (broad SMARTS) is 1. The van der Waals surface area contributed by atoms with Gasteiger partial charge in [-0.1, -0.05) is 23.2 Å². The fourth-order valence-electron chi connectivity index (χ4n) is 2.00. The summed E-state index contributed by atoms with van der Waals surface area (Å²) in [6.45, 7) is 1.60. The molecule has 2 aromatic carbocycles. The molecular weight excluding hydrogens is 405 g/mol. The molecule has 0 bridgehead atoms. The third-order valence-electron chi connectivity index (χ3n) is 3.11. The summed E-state index contributed by atoms with van der Waals surface area (Å²) >= 11 is 12.0. The Labute approximate surface area is 159 Å². The van der Waals surface area contributed by atoms with Crippen molar-refractivity contribution in [3.8, 4) is 0 Å². The van der Waals surface area contributed by atoms with Crippen molar-refractivity contribution in [1.29, 1.82) is 0 Å². The normalized spacial score (nSPS) is 11.5. The molecule has 0 saturated carbocycles. The van der Waals surface area contributed by atoms with Crippen LogP contribution in [0.1, 0.15) is 17.3 Å². The van der Waals surface area contributed by atoms with Gasteiger partial charge in [-0.15, -0.1) is 0 Å². The monoisotopic (exact) mass is 417 g/mol. The lowest BCUT2D eigenvalue weighted by molar-refractivity contribution is 0.0697. The molecule has 8 nitrogen and oxygen atoms in total. The minimum Gasteiger partial charge on any atom is -0.478 e. The Hall–Kier alpha value is -2.33. The molecule has 0 aliphatic carbocycles. The van der Waals surface area contributed by atoms with Crippen LogP contribution in [0.25, 0.3) is 0 Å². The molecule has 0 fully saturated rings. The number of halogens is 2. The number of rotatable bonds is 6. The van der Waals surface area contributed by atoms with Gasteiger partial charge < -0.3 is 5.11 Å². The summed E-state index contributed by atoms with van der Waals surface area (Å²) < 4.78 is 31.6. The van der Waals surface area contributed by atoms with Gasteiger partial charge in [0, 0.05) is 11.2 Å². The van der Waals surface area contributed by atoms with Gasteiger partial charge in [0.1, 0.15) is 0 Å². The fourth-order valence-corrected chi connectivity index (χ4v) is 2.83. The number of hydrogen-bond donors (Lipinski definition) is 3. The van der Waals surface area contributed by atoms with Gasteiger partial charge in [0.15, 0.2) is 0 Å². The number of hydrazone groups is 1. The highest BCUT2D eigenvalue weighted by Gasteiger charge is 2.21. The van der Waals surface area contributed by atoms with E-state index in [-0.39, 0.29) is 5.69 Å². The summed E-state index contributed by atoms with van der Waals surface area (Å²) in [5.74, 6) is -1.42. The number of carbonyl (C=O) groups is 1. The molecule has 0 aliphatic heterocycles. The van der Waals surface area contributed by atoms with E-state index in [1.807, 2.05) is 0 Å². The van der Waals surface area contributed by atoms with Crippen LogP contribution in [-0.4, -0.2) is 30.3 Å². The zero-order chi connectivity index (χ0) is 19.5. The molecule has 0 atom stereocenters. The quantitative estimate of drug-likeness (QED) is 0.371. The van der Waals surface area contributed by atoms with Crippen LogP contribution in [0, 0.1) is 0 Å². The summed E-state index contributed by atoms with van der Waals surface area (Å²) in [4.78, 5) is 11.0. The van der Waals surface area contributed by atoms with Crippen LogP contribution in [0.4, 0.5) is 11.4 Å². The highest BCUT2D eigenvalue weighted by Crippen LogP contribution is 2.29. The number of nitrogens with zero attached hydrogens (tertiary/aromatic N) is 2. The largest absolute Gasteiger partial charge is 0.478 e. The molecular formula is C15H13Cl2N3O5S. The number of benzene rings is 2. The van der Waals surface area contributed by atoms with Crippen molar-refractivity contribution >= 4 is 56.9 Å². The minimum absolute atomic E-state index is 0.0130. The maximum Gasteiger partial charge on any atom is 0.338 e. The summed E-state index contributed by atoms with van der Waals surface area (Å²) in [5, 5.41) is 15.2. The smallest absolute Gasteiger partial charge is 0.338 e.